The molecule has 0 fully saturated rings. The molecule has 2 N–H and O–H groups in total. The van der Waals surface area contributed by atoms with Gasteiger partial charge in [-0.2, -0.15) is 5.10 Å². The van der Waals surface area contributed by atoms with Gasteiger partial charge in [0.1, 0.15) is 0 Å². The summed E-state index contributed by atoms with van der Waals surface area (Å²) in [5.41, 5.74) is 9.94. The molecule has 1 aromatic heterocycles. The fourth-order valence-corrected chi connectivity index (χ4v) is 2.66. The molecule has 0 spiro atoms. The predicted octanol–water partition coefficient (Wildman–Crippen LogP) is 2.58. The van der Waals surface area contributed by atoms with Crippen LogP contribution < -0.4 is 5.73 Å². The van der Waals surface area contributed by atoms with Gasteiger partial charge in [0.05, 0.1) is 6.20 Å². The SMILES string of the molecule is Cc1cccc(C(N)Cc2cnn(C)c2)c1I. The van der Waals surface area contributed by atoms with Crippen molar-refractivity contribution in [1.29, 1.82) is 0 Å². The summed E-state index contributed by atoms with van der Waals surface area (Å²) in [6, 6.07) is 6.32. The lowest BCUT2D eigenvalue weighted by Gasteiger charge is -2.14. The van der Waals surface area contributed by atoms with Crippen LogP contribution in [0.1, 0.15) is 22.7 Å². The van der Waals surface area contributed by atoms with Crippen molar-refractivity contribution >= 4 is 22.6 Å². The van der Waals surface area contributed by atoms with Gasteiger partial charge < -0.3 is 5.73 Å². The van der Waals surface area contributed by atoms with Crippen LogP contribution in [0.25, 0.3) is 0 Å². The van der Waals surface area contributed by atoms with Gasteiger partial charge in [-0.1, -0.05) is 18.2 Å². The topological polar surface area (TPSA) is 43.8 Å². The Kier molecular flexibility index (Phi) is 3.83. The standard InChI is InChI=1S/C13H16IN3/c1-9-4-3-5-11(13(9)14)12(15)6-10-7-16-17(2)8-10/h3-5,7-8,12H,6,15H2,1-2H3. The van der Waals surface area contributed by atoms with Gasteiger partial charge in [-0.3, -0.25) is 4.68 Å². The molecule has 4 heteroatoms. The van der Waals surface area contributed by atoms with Crippen LogP contribution in [-0.2, 0) is 13.5 Å². The maximum atomic E-state index is 6.26. The molecule has 90 valence electrons. The van der Waals surface area contributed by atoms with Crippen LogP contribution in [0.3, 0.4) is 0 Å². The Morgan fingerprint density at radius 1 is 1.47 bits per heavy atom. The Hall–Kier alpha value is -0.880. The summed E-state index contributed by atoms with van der Waals surface area (Å²) in [6.07, 6.45) is 4.72. The highest BCUT2D eigenvalue weighted by Gasteiger charge is 2.12. The number of hydrogen-bond donors (Lipinski definition) is 1. The first kappa shape index (κ1) is 12.6. The maximum Gasteiger partial charge on any atom is 0.0522 e. The van der Waals surface area contributed by atoms with Crippen LogP contribution in [0.15, 0.2) is 30.6 Å². The zero-order chi connectivity index (χ0) is 12.4. The van der Waals surface area contributed by atoms with E-state index in [4.69, 9.17) is 5.73 Å². The second-order valence-corrected chi connectivity index (χ2v) is 5.39. The van der Waals surface area contributed by atoms with Crippen molar-refractivity contribution in [3.63, 3.8) is 0 Å². The summed E-state index contributed by atoms with van der Waals surface area (Å²) in [5.74, 6) is 0. The van der Waals surface area contributed by atoms with Gasteiger partial charge in [0.2, 0.25) is 0 Å². The van der Waals surface area contributed by atoms with Crippen LogP contribution in [0, 0.1) is 10.5 Å². The number of nitrogens with zero attached hydrogens (tertiary/aromatic N) is 2. The summed E-state index contributed by atoms with van der Waals surface area (Å²) >= 11 is 2.37. The molecule has 0 amide bonds. The molecule has 17 heavy (non-hydrogen) atoms. The molecule has 1 aromatic carbocycles. The second kappa shape index (κ2) is 5.18. The van der Waals surface area contributed by atoms with Crippen LogP contribution in [0.5, 0.6) is 0 Å². The molecule has 0 aliphatic carbocycles. The van der Waals surface area contributed by atoms with E-state index in [1.165, 1.54) is 20.3 Å². The third-order valence-corrected chi connectivity index (χ3v) is 4.31. The van der Waals surface area contributed by atoms with Crippen molar-refractivity contribution in [2.75, 3.05) is 0 Å². The molecule has 0 radical (unpaired) electrons. The Morgan fingerprint density at radius 3 is 2.88 bits per heavy atom. The quantitative estimate of drug-likeness (QED) is 0.872. The number of halogens is 1. The average Bonchev–Trinajstić information content (AvgIpc) is 2.68. The molecular weight excluding hydrogens is 325 g/mol. The summed E-state index contributed by atoms with van der Waals surface area (Å²) in [4.78, 5) is 0. The van der Waals surface area contributed by atoms with Crippen molar-refractivity contribution in [1.82, 2.24) is 9.78 Å². The molecular formula is C13H16IN3. The highest BCUT2D eigenvalue weighted by atomic mass is 127. The largest absolute Gasteiger partial charge is 0.324 e. The lowest BCUT2D eigenvalue weighted by molar-refractivity contribution is 0.714. The van der Waals surface area contributed by atoms with E-state index >= 15 is 0 Å². The normalized spacial score (nSPS) is 12.7. The van der Waals surface area contributed by atoms with E-state index in [1.807, 2.05) is 24.1 Å². The van der Waals surface area contributed by atoms with Gasteiger partial charge in [-0.15, -0.1) is 0 Å². The minimum Gasteiger partial charge on any atom is -0.324 e. The van der Waals surface area contributed by atoms with Crippen molar-refractivity contribution in [3.8, 4) is 0 Å². The molecule has 0 saturated carbocycles. The minimum absolute atomic E-state index is 0.0333. The van der Waals surface area contributed by atoms with Crippen molar-refractivity contribution in [3.05, 3.63) is 50.9 Å². The Labute approximate surface area is 115 Å². The van der Waals surface area contributed by atoms with Crippen LogP contribution in [0.2, 0.25) is 0 Å². The van der Waals surface area contributed by atoms with Gasteiger partial charge in [-0.05, 0) is 52.6 Å². The molecule has 1 atom stereocenters. The predicted molar refractivity (Wildman–Crippen MR) is 77.7 cm³/mol. The number of aryl methyl sites for hydroxylation is 2. The number of rotatable bonds is 3. The summed E-state index contributed by atoms with van der Waals surface area (Å²) in [7, 11) is 1.92. The minimum atomic E-state index is 0.0333. The number of hydrogen-bond acceptors (Lipinski definition) is 2. The van der Waals surface area contributed by atoms with Gasteiger partial charge >= 0.3 is 0 Å². The third kappa shape index (κ3) is 2.87. The molecule has 1 heterocycles. The van der Waals surface area contributed by atoms with E-state index in [1.54, 1.807) is 0 Å². The van der Waals surface area contributed by atoms with Crippen LogP contribution in [0.4, 0.5) is 0 Å². The van der Waals surface area contributed by atoms with E-state index in [0.29, 0.717) is 0 Å². The van der Waals surface area contributed by atoms with E-state index in [9.17, 15) is 0 Å². The fourth-order valence-electron chi connectivity index (χ4n) is 1.90. The molecule has 0 aliphatic rings. The first-order valence-electron chi connectivity index (χ1n) is 5.56. The molecule has 3 nitrogen and oxygen atoms in total. The monoisotopic (exact) mass is 341 g/mol. The molecule has 1 unspecified atom stereocenters. The van der Waals surface area contributed by atoms with E-state index in [2.05, 4.69) is 52.8 Å². The molecule has 0 aliphatic heterocycles. The lowest BCUT2D eigenvalue weighted by Crippen LogP contribution is -2.15. The summed E-state index contributed by atoms with van der Waals surface area (Å²) < 4.78 is 3.07. The van der Waals surface area contributed by atoms with E-state index < -0.39 is 0 Å². The third-order valence-electron chi connectivity index (χ3n) is 2.84. The van der Waals surface area contributed by atoms with Gasteiger partial charge in [0, 0.05) is 22.9 Å². The number of benzene rings is 1. The summed E-state index contributed by atoms with van der Waals surface area (Å²) in [6.45, 7) is 2.11. The number of nitrogens with two attached hydrogens (primary N) is 1. The zero-order valence-electron chi connectivity index (χ0n) is 10.0. The maximum absolute atomic E-state index is 6.26. The molecule has 0 saturated heterocycles. The van der Waals surface area contributed by atoms with Gasteiger partial charge in [-0.25, -0.2) is 0 Å². The second-order valence-electron chi connectivity index (χ2n) is 4.31. The zero-order valence-corrected chi connectivity index (χ0v) is 12.2. The van der Waals surface area contributed by atoms with E-state index in [0.717, 1.165) is 6.42 Å². The molecule has 2 rings (SSSR count). The Bertz CT molecular complexity index is 519. The first-order chi connectivity index (χ1) is 8.08. The Balaban J connectivity index is 2.20. The van der Waals surface area contributed by atoms with Crippen LogP contribution >= 0.6 is 22.6 Å². The van der Waals surface area contributed by atoms with Crippen molar-refractivity contribution < 1.29 is 0 Å². The molecule has 2 aromatic rings. The van der Waals surface area contributed by atoms with E-state index in [-0.39, 0.29) is 6.04 Å². The average molecular weight is 341 g/mol. The van der Waals surface area contributed by atoms with Crippen LogP contribution in [-0.4, -0.2) is 9.78 Å². The highest BCUT2D eigenvalue weighted by molar-refractivity contribution is 14.1. The first-order valence-corrected chi connectivity index (χ1v) is 6.64. The molecule has 0 bridgehead atoms. The van der Waals surface area contributed by atoms with Gasteiger partial charge in [0.25, 0.3) is 0 Å². The number of aromatic nitrogens is 2. The highest BCUT2D eigenvalue weighted by Crippen LogP contribution is 2.23. The Morgan fingerprint density at radius 2 is 2.24 bits per heavy atom. The lowest BCUT2D eigenvalue weighted by atomic mass is 10.00. The fraction of sp³-hybridized carbons (Fsp3) is 0.308. The van der Waals surface area contributed by atoms with Gasteiger partial charge in [0.15, 0.2) is 0 Å². The summed E-state index contributed by atoms with van der Waals surface area (Å²) in [5, 5.41) is 4.16. The smallest absolute Gasteiger partial charge is 0.0522 e. The van der Waals surface area contributed by atoms with Crippen molar-refractivity contribution in [2.24, 2.45) is 12.8 Å². The van der Waals surface area contributed by atoms with Crippen molar-refractivity contribution in [2.45, 2.75) is 19.4 Å².